The fourth-order valence-corrected chi connectivity index (χ4v) is 4.26. The van der Waals surface area contributed by atoms with Crippen molar-refractivity contribution in [1.82, 2.24) is 15.1 Å². The molecule has 1 N–H and O–H groups in total. The molecular weight excluding hydrogens is 246 g/mol. The van der Waals surface area contributed by atoms with Crippen LogP contribution in [-0.2, 0) is 6.54 Å². The van der Waals surface area contributed by atoms with E-state index in [1.165, 1.54) is 37.8 Å². The highest BCUT2D eigenvalue weighted by Crippen LogP contribution is 2.51. The lowest BCUT2D eigenvalue weighted by Crippen LogP contribution is -2.37. The molecule has 1 unspecified atom stereocenters. The highest BCUT2D eigenvalue weighted by molar-refractivity contribution is 5.13. The summed E-state index contributed by atoms with van der Waals surface area (Å²) < 4.78 is 2.21. The van der Waals surface area contributed by atoms with Gasteiger partial charge in [0.2, 0.25) is 0 Å². The van der Waals surface area contributed by atoms with Crippen LogP contribution in [0.3, 0.4) is 0 Å². The summed E-state index contributed by atoms with van der Waals surface area (Å²) in [6.07, 6.45) is 9.90. The van der Waals surface area contributed by atoms with Crippen molar-refractivity contribution in [2.24, 2.45) is 11.3 Å². The molecule has 3 nitrogen and oxygen atoms in total. The topological polar surface area (TPSA) is 29.9 Å². The highest BCUT2D eigenvalue weighted by Gasteiger charge is 2.42. The molecule has 114 valence electrons. The standard InChI is InChI=1S/C17H31N3/c1-5-12-20-15(8-11-19-20)16(18-4)17(13-14(2)3)9-6-7-10-17/h8,11,14,16,18H,5-7,9-10,12-13H2,1-4H3. The SMILES string of the molecule is CCCn1nccc1C(NC)C1(CC(C)C)CCCC1. The van der Waals surface area contributed by atoms with Crippen molar-refractivity contribution in [2.75, 3.05) is 7.05 Å². The highest BCUT2D eigenvalue weighted by atomic mass is 15.3. The zero-order chi connectivity index (χ0) is 14.6. The number of rotatable bonds is 7. The molecule has 1 atom stereocenters. The molecule has 1 heterocycles. The van der Waals surface area contributed by atoms with Gasteiger partial charge in [-0.25, -0.2) is 0 Å². The lowest BCUT2D eigenvalue weighted by molar-refractivity contribution is 0.154. The summed E-state index contributed by atoms with van der Waals surface area (Å²) in [5.74, 6) is 0.756. The van der Waals surface area contributed by atoms with E-state index in [2.05, 4.69) is 49.0 Å². The van der Waals surface area contributed by atoms with Crippen LogP contribution in [0.5, 0.6) is 0 Å². The van der Waals surface area contributed by atoms with E-state index in [-0.39, 0.29) is 0 Å². The van der Waals surface area contributed by atoms with E-state index in [4.69, 9.17) is 0 Å². The molecule has 3 heteroatoms. The molecule has 1 aromatic heterocycles. The normalized spacial score (nSPS) is 19.6. The molecule has 1 aromatic rings. The van der Waals surface area contributed by atoms with Crippen LogP contribution in [-0.4, -0.2) is 16.8 Å². The van der Waals surface area contributed by atoms with E-state index in [1.54, 1.807) is 0 Å². The van der Waals surface area contributed by atoms with Crippen molar-refractivity contribution in [3.8, 4) is 0 Å². The first kappa shape index (κ1) is 15.6. The van der Waals surface area contributed by atoms with Gasteiger partial charge >= 0.3 is 0 Å². The van der Waals surface area contributed by atoms with E-state index in [1.807, 2.05) is 6.20 Å². The summed E-state index contributed by atoms with van der Waals surface area (Å²) >= 11 is 0. The van der Waals surface area contributed by atoms with Gasteiger partial charge in [-0.3, -0.25) is 4.68 Å². The van der Waals surface area contributed by atoms with Gasteiger partial charge in [-0.1, -0.05) is 33.6 Å². The Morgan fingerprint density at radius 2 is 2.05 bits per heavy atom. The van der Waals surface area contributed by atoms with Crippen molar-refractivity contribution in [2.45, 2.75) is 71.9 Å². The Hall–Kier alpha value is -0.830. The van der Waals surface area contributed by atoms with Gasteiger partial charge in [0.1, 0.15) is 0 Å². The third-order valence-electron chi connectivity index (χ3n) is 4.80. The number of hydrogen-bond donors (Lipinski definition) is 1. The van der Waals surface area contributed by atoms with Crippen molar-refractivity contribution in [1.29, 1.82) is 0 Å². The number of aromatic nitrogens is 2. The number of aryl methyl sites for hydroxylation is 1. The van der Waals surface area contributed by atoms with Crippen LogP contribution in [0.2, 0.25) is 0 Å². The van der Waals surface area contributed by atoms with Gasteiger partial charge in [-0.2, -0.15) is 5.10 Å². The second-order valence-electron chi connectivity index (χ2n) is 6.87. The summed E-state index contributed by atoms with van der Waals surface area (Å²) in [6.45, 7) is 7.96. The fraction of sp³-hybridized carbons (Fsp3) is 0.824. The Morgan fingerprint density at radius 3 is 2.60 bits per heavy atom. The second-order valence-corrected chi connectivity index (χ2v) is 6.87. The van der Waals surface area contributed by atoms with Crippen LogP contribution in [0.4, 0.5) is 0 Å². The molecule has 0 bridgehead atoms. The molecule has 0 aromatic carbocycles. The summed E-state index contributed by atoms with van der Waals surface area (Å²) in [4.78, 5) is 0. The van der Waals surface area contributed by atoms with Crippen LogP contribution in [0, 0.1) is 11.3 Å². The first-order valence-electron chi connectivity index (χ1n) is 8.32. The maximum atomic E-state index is 4.53. The lowest BCUT2D eigenvalue weighted by atomic mass is 9.71. The van der Waals surface area contributed by atoms with E-state index in [0.717, 1.165) is 18.9 Å². The van der Waals surface area contributed by atoms with Gasteiger partial charge in [0.05, 0.1) is 11.7 Å². The molecule has 1 saturated carbocycles. The minimum Gasteiger partial charge on any atom is -0.311 e. The van der Waals surface area contributed by atoms with Crippen molar-refractivity contribution in [3.63, 3.8) is 0 Å². The van der Waals surface area contributed by atoms with Crippen LogP contribution in [0.1, 0.15) is 71.0 Å². The third-order valence-corrected chi connectivity index (χ3v) is 4.80. The number of hydrogen-bond acceptors (Lipinski definition) is 2. The van der Waals surface area contributed by atoms with Gasteiger partial charge in [0.25, 0.3) is 0 Å². The quantitative estimate of drug-likeness (QED) is 0.811. The molecule has 0 saturated heterocycles. The average molecular weight is 277 g/mol. The minimum absolute atomic E-state index is 0.425. The maximum Gasteiger partial charge on any atom is 0.0559 e. The monoisotopic (exact) mass is 277 g/mol. The molecule has 0 spiro atoms. The first-order chi connectivity index (χ1) is 9.63. The van der Waals surface area contributed by atoms with Gasteiger partial charge in [-0.15, -0.1) is 0 Å². The Morgan fingerprint density at radius 1 is 1.35 bits per heavy atom. The molecular formula is C17H31N3. The Labute approximate surface area is 124 Å². The predicted molar refractivity (Wildman–Crippen MR) is 84.7 cm³/mol. The summed E-state index contributed by atoms with van der Waals surface area (Å²) in [5.41, 5.74) is 1.81. The first-order valence-corrected chi connectivity index (χ1v) is 8.32. The molecule has 1 fully saturated rings. The fourth-order valence-electron chi connectivity index (χ4n) is 4.26. The van der Waals surface area contributed by atoms with Crippen molar-refractivity contribution >= 4 is 0 Å². The van der Waals surface area contributed by atoms with Gasteiger partial charge in [0, 0.05) is 12.7 Å². The third kappa shape index (κ3) is 3.08. The number of nitrogens with one attached hydrogen (secondary N) is 1. The van der Waals surface area contributed by atoms with E-state index in [9.17, 15) is 0 Å². The minimum atomic E-state index is 0.425. The largest absolute Gasteiger partial charge is 0.311 e. The molecule has 2 rings (SSSR count). The van der Waals surface area contributed by atoms with Crippen molar-refractivity contribution < 1.29 is 0 Å². The zero-order valence-electron chi connectivity index (χ0n) is 13.7. The summed E-state index contributed by atoms with van der Waals surface area (Å²) in [5, 5.41) is 8.16. The van der Waals surface area contributed by atoms with Crippen LogP contribution >= 0.6 is 0 Å². The molecule has 1 aliphatic rings. The van der Waals surface area contributed by atoms with Gasteiger partial charge in [0.15, 0.2) is 0 Å². The number of nitrogens with zero attached hydrogens (tertiary/aromatic N) is 2. The van der Waals surface area contributed by atoms with E-state index in [0.29, 0.717) is 11.5 Å². The van der Waals surface area contributed by atoms with Gasteiger partial charge in [-0.05, 0) is 50.1 Å². The smallest absolute Gasteiger partial charge is 0.0559 e. The average Bonchev–Trinajstić information content (AvgIpc) is 3.01. The van der Waals surface area contributed by atoms with Crippen LogP contribution in [0.15, 0.2) is 12.3 Å². The Kier molecular flexibility index (Phi) is 5.25. The van der Waals surface area contributed by atoms with Crippen molar-refractivity contribution in [3.05, 3.63) is 18.0 Å². The zero-order valence-corrected chi connectivity index (χ0v) is 13.7. The molecule has 20 heavy (non-hydrogen) atoms. The lowest BCUT2D eigenvalue weighted by Gasteiger charge is -2.39. The summed E-state index contributed by atoms with van der Waals surface area (Å²) in [7, 11) is 2.12. The van der Waals surface area contributed by atoms with E-state index >= 15 is 0 Å². The maximum absolute atomic E-state index is 4.53. The molecule has 0 aliphatic heterocycles. The van der Waals surface area contributed by atoms with Crippen LogP contribution in [0.25, 0.3) is 0 Å². The van der Waals surface area contributed by atoms with Gasteiger partial charge < -0.3 is 5.32 Å². The van der Waals surface area contributed by atoms with E-state index < -0.39 is 0 Å². The molecule has 1 aliphatic carbocycles. The second kappa shape index (κ2) is 6.75. The molecule has 0 amide bonds. The Bertz CT molecular complexity index is 402. The molecule has 0 radical (unpaired) electrons. The summed E-state index contributed by atoms with van der Waals surface area (Å²) in [6, 6.07) is 2.67. The predicted octanol–water partition coefficient (Wildman–Crippen LogP) is 4.16. The Balaban J connectivity index is 2.30. The van der Waals surface area contributed by atoms with Crippen LogP contribution < -0.4 is 5.32 Å².